The monoisotopic (exact) mass is 326 g/mol. The topological polar surface area (TPSA) is 69.6 Å². The molecule has 19 heavy (non-hydrogen) atoms. The predicted octanol–water partition coefficient (Wildman–Crippen LogP) is 1.73. The number of carboxylic acids is 1. The Morgan fingerprint density at radius 1 is 1.47 bits per heavy atom. The molecule has 0 heterocycles. The van der Waals surface area contributed by atoms with E-state index >= 15 is 0 Å². The molecular formula is C13H15BrN2O3. The van der Waals surface area contributed by atoms with Crippen LogP contribution in [0.1, 0.15) is 5.56 Å². The van der Waals surface area contributed by atoms with Gasteiger partial charge in [-0.1, -0.05) is 22.0 Å². The number of nitrogens with one attached hydrogen (secondary N) is 1. The first-order valence-electron chi connectivity index (χ1n) is 5.56. The highest BCUT2D eigenvalue weighted by atomic mass is 79.9. The summed E-state index contributed by atoms with van der Waals surface area (Å²) in [4.78, 5) is 23.5. The number of hydrogen-bond acceptors (Lipinski definition) is 3. The minimum atomic E-state index is -0.993. The zero-order chi connectivity index (χ0) is 14.4. The highest BCUT2D eigenvalue weighted by Crippen LogP contribution is 2.24. The van der Waals surface area contributed by atoms with Crippen LogP contribution in [0.3, 0.4) is 0 Å². The van der Waals surface area contributed by atoms with Crippen molar-refractivity contribution in [3.63, 3.8) is 0 Å². The zero-order valence-corrected chi connectivity index (χ0v) is 12.3. The van der Waals surface area contributed by atoms with Gasteiger partial charge in [-0.15, -0.1) is 0 Å². The minimum Gasteiger partial charge on any atom is -0.478 e. The summed E-state index contributed by atoms with van der Waals surface area (Å²) in [5.41, 5.74) is 1.63. The number of benzene rings is 1. The summed E-state index contributed by atoms with van der Waals surface area (Å²) in [5.74, 6) is -1.07. The van der Waals surface area contributed by atoms with E-state index in [1.807, 2.05) is 19.2 Å². The van der Waals surface area contributed by atoms with Gasteiger partial charge in [0.15, 0.2) is 0 Å². The van der Waals surface area contributed by atoms with E-state index in [1.165, 1.54) is 6.08 Å². The molecule has 1 amide bonds. The third-order valence-corrected chi connectivity index (χ3v) is 3.18. The quantitative estimate of drug-likeness (QED) is 0.808. The first kappa shape index (κ1) is 15.2. The van der Waals surface area contributed by atoms with Gasteiger partial charge in [0.2, 0.25) is 5.91 Å². The number of rotatable bonds is 5. The molecule has 0 aromatic heterocycles. The van der Waals surface area contributed by atoms with Crippen molar-refractivity contribution < 1.29 is 14.7 Å². The van der Waals surface area contributed by atoms with Gasteiger partial charge in [0, 0.05) is 30.3 Å². The van der Waals surface area contributed by atoms with Crippen LogP contribution in [0.5, 0.6) is 0 Å². The van der Waals surface area contributed by atoms with Crippen molar-refractivity contribution in [2.45, 2.75) is 0 Å². The smallest absolute Gasteiger partial charge is 0.328 e. The number of hydrogen-bond donors (Lipinski definition) is 2. The maximum Gasteiger partial charge on any atom is 0.328 e. The van der Waals surface area contributed by atoms with Gasteiger partial charge in [-0.2, -0.15) is 0 Å². The summed E-state index contributed by atoms with van der Waals surface area (Å²) in [7, 11) is 3.40. The Labute approximate surface area is 120 Å². The van der Waals surface area contributed by atoms with Crippen LogP contribution in [-0.4, -0.2) is 37.6 Å². The molecule has 0 radical (unpaired) electrons. The van der Waals surface area contributed by atoms with Gasteiger partial charge >= 0.3 is 5.97 Å². The van der Waals surface area contributed by atoms with Crippen molar-refractivity contribution in [2.24, 2.45) is 0 Å². The Hall–Kier alpha value is -1.82. The molecule has 1 aromatic carbocycles. The van der Waals surface area contributed by atoms with Crippen LogP contribution in [0.2, 0.25) is 0 Å². The lowest BCUT2D eigenvalue weighted by Gasteiger charge is -2.18. The van der Waals surface area contributed by atoms with Crippen molar-refractivity contribution in [3.05, 3.63) is 34.3 Å². The summed E-state index contributed by atoms with van der Waals surface area (Å²) in [6.45, 7) is 0.257. The van der Waals surface area contributed by atoms with Crippen LogP contribution in [-0.2, 0) is 9.59 Å². The highest BCUT2D eigenvalue weighted by Gasteiger charge is 2.07. The Kier molecular flexibility index (Phi) is 5.57. The number of halogens is 1. The van der Waals surface area contributed by atoms with Gasteiger partial charge < -0.3 is 15.3 Å². The summed E-state index contributed by atoms with van der Waals surface area (Å²) in [6.07, 6.45) is 2.59. The Morgan fingerprint density at radius 3 is 2.68 bits per heavy atom. The maximum atomic E-state index is 11.3. The fraction of sp³-hybridized carbons (Fsp3) is 0.231. The first-order valence-corrected chi connectivity index (χ1v) is 6.35. The second kappa shape index (κ2) is 6.94. The van der Waals surface area contributed by atoms with E-state index in [0.29, 0.717) is 0 Å². The number of likely N-dealkylation sites (N-methyl/N-ethyl adjacent to an activating group) is 2. The first-order chi connectivity index (χ1) is 8.93. The van der Waals surface area contributed by atoms with E-state index in [1.54, 1.807) is 18.0 Å². The normalized spacial score (nSPS) is 10.5. The molecule has 0 saturated carbocycles. The van der Waals surface area contributed by atoms with E-state index in [-0.39, 0.29) is 12.5 Å². The maximum absolute atomic E-state index is 11.3. The standard InChI is InChI=1S/C13H15BrN2O3/c1-15-12(17)8-16(2)10-5-3-9(11(14)7-10)4-6-13(18)19/h3-7H,8H2,1-2H3,(H,15,17)(H,18,19)/b6-4+. The molecule has 0 fully saturated rings. The van der Waals surface area contributed by atoms with Crippen molar-refractivity contribution >= 4 is 39.6 Å². The van der Waals surface area contributed by atoms with Crippen LogP contribution in [0.25, 0.3) is 6.08 Å². The molecule has 0 aliphatic rings. The Balaban J connectivity index is 2.87. The number of carbonyl (C=O) groups is 2. The van der Waals surface area contributed by atoms with E-state index in [9.17, 15) is 9.59 Å². The average Bonchev–Trinajstić information content (AvgIpc) is 2.36. The number of carboxylic acid groups (broad SMARTS) is 1. The van der Waals surface area contributed by atoms with Crippen molar-refractivity contribution in [3.8, 4) is 0 Å². The van der Waals surface area contributed by atoms with Gasteiger partial charge in [0.25, 0.3) is 0 Å². The van der Waals surface area contributed by atoms with Crippen LogP contribution in [0, 0.1) is 0 Å². The van der Waals surface area contributed by atoms with Crippen molar-refractivity contribution in [1.29, 1.82) is 0 Å². The van der Waals surface area contributed by atoms with Gasteiger partial charge in [-0.3, -0.25) is 4.79 Å². The lowest BCUT2D eigenvalue weighted by atomic mass is 10.2. The molecule has 0 spiro atoms. The average molecular weight is 327 g/mol. The highest BCUT2D eigenvalue weighted by molar-refractivity contribution is 9.10. The van der Waals surface area contributed by atoms with Crippen molar-refractivity contribution in [2.75, 3.05) is 25.5 Å². The Bertz CT molecular complexity index is 515. The van der Waals surface area contributed by atoms with Crippen LogP contribution in [0.15, 0.2) is 28.7 Å². The minimum absolute atomic E-state index is 0.0755. The number of anilines is 1. The fourth-order valence-corrected chi connectivity index (χ4v) is 1.93. The lowest BCUT2D eigenvalue weighted by molar-refractivity contribution is -0.131. The molecule has 0 unspecified atom stereocenters. The van der Waals surface area contributed by atoms with E-state index in [4.69, 9.17) is 5.11 Å². The van der Waals surface area contributed by atoms with Crippen LogP contribution >= 0.6 is 15.9 Å². The second-order valence-electron chi connectivity index (χ2n) is 3.91. The number of nitrogens with zero attached hydrogens (tertiary/aromatic N) is 1. The molecular weight excluding hydrogens is 312 g/mol. The van der Waals surface area contributed by atoms with E-state index in [2.05, 4.69) is 21.2 Å². The predicted molar refractivity (Wildman–Crippen MR) is 78.1 cm³/mol. The molecule has 0 atom stereocenters. The number of carbonyl (C=O) groups excluding carboxylic acids is 1. The third-order valence-electron chi connectivity index (χ3n) is 2.49. The molecule has 0 aliphatic heterocycles. The van der Waals surface area contributed by atoms with Crippen molar-refractivity contribution in [1.82, 2.24) is 5.32 Å². The van der Waals surface area contributed by atoms with E-state index < -0.39 is 5.97 Å². The molecule has 5 nitrogen and oxygen atoms in total. The molecule has 0 saturated heterocycles. The second-order valence-corrected chi connectivity index (χ2v) is 4.76. The lowest BCUT2D eigenvalue weighted by Crippen LogP contribution is -2.32. The summed E-state index contributed by atoms with van der Waals surface area (Å²) >= 11 is 3.38. The molecule has 1 aromatic rings. The van der Waals surface area contributed by atoms with Gasteiger partial charge in [0.1, 0.15) is 0 Å². The zero-order valence-electron chi connectivity index (χ0n) is 10.7. The molecule has 6 heteroatoms. The fourth-order valence-electron chi connectivity index (χ4n) is 1.44. The SMILES string of the molecule is CNC(=O)CN(C)c1ccc(/C=C/C(=O)O)c(Br)c1. The molecule has 0 bridgehead atoms. The van der Waals surface area contributed by atoms with Gasteiger partial charge in [0.05, 0.1) is 6.54 Å². The van der Waals surface area contributed by atoms with Crippen LogP contribution in [0.4, 0.5) is 5.69 Å². The summed E-state index contributed by atoms with van der Waals surface area (Å²) in [5, 5.41) is 11.1. The summed E-state index contributed by atoms with van der Waals surface area (Å²) < 4.78 is 0.770. The molecule has 102 valence electrons. The van der Waals surface area contributed by atoms with Crippen LogP contribution < -0.4 is 10.2 Å². The molecule has 1 rings (SSSR count). The largest absolute Gasteiger partial charge is 0.478 e. The number of amides is 1. The summed E-state index contributed by atoms with van der Waals surface area (Å²) in [6, 6.07) is 5.46. The van der Waals surface area contributed by atoms with E-state index in [0.717, 1.165) is 21.8 Å². The number of aliphatic carboxylic acids is 1. The third kappa shape index (κ3) is 4.75. The van der Waals surface area contributed by atoms with Gasteiger partial charge in [-0.25, -0.2) is 4.79 Å². The molecule has 2 N–H and O–H groups in total. The Morgan fingerprint density at radius 2 is 2.16 bits per heavy atom. The molecule has 0 aliphatic carbocycles. The van der Waals surface area contributed by atoms with Gasteiger partial charge in [-0.05, 0) is 23.8 Å².